The third-order valence-corrected chi connectivity index (χ3v) is 5.49. The Labute approximate surface area is 182 Å². The van der Waals surface area contributed by atoms with E-state index < -0.39 is 0 Å². The average Bonchev–Trinajstić information content (AvgIpc) is 3.23. The third-order valence-electron chi connectivity index (χ3n) is 5.49. The van der Waals surface area contributed by atoms with Gasteiger partial charge in [-0.05, 0) is 53.4 Å². The minimum atomic E-state index is 0.647. The molecule has 31 heavy (non-hydrogen) atoms. The molecule has 0 spiro atoms. The molecule has 4 heteroatoms. The minimum Gasteiger partial charge on any atom is -0.493 e. The number of nitrogens with one attached hydrogen (secondary N) is 1. The number of rotatable bonds is 6. The second kappa shape index (κ2) is 8.81. The van der Waals surface area contributed by atoms with Gasteiger partial charge in [-0.3, -0.25) is 0 Å². The predicted octanol–water partition coefficient (Wildman–Crippen LogP) is 6.47. The summed E-state index contributed by atoms with van der Waals surface area (Å²) in [4.78, 5) is 3.69. The van der Waals surface area contributed by atoms with Crippen molar-refractivity contribution in [3.05, 3.63) is 83.9 Å². The quantitative estimate of drug-likeness (QED) is 0.398. The molecule has 0 aliphatic rings. The standard InChI is InChI=1S/C27H24N2O2/c1-4-22-25(19-12-10-18(17-28)11-13-19)27(29-26(22)20-8-6-5-7-9-20)21-14-15-23(30-2)24(16-21)31-3/h5-16,29H,4H2,1-3H3. The van der Waals surface area contributed by atoms with Crippen LogP contribution in [0.2, 0.25) is 0 Å². The van der Waals surface area contributed by atoms with Crippen LogP contribution in [0.5, 0.6) is 11.5 Å². The number of methoxy groups -OCH3 is 2. The first-order valence-corrected chi connectivity index (χ1v) is 10.2. The highest BCUT2D eigenvalue weighted by molar-refractivity contribution is 5.90. The Bertz CT molecular complexity index is 1230. The van der Waals surface area contributed by atoms with Crippen LogP contribution < -0.4 is 9.47 Å². The molecule has 0 saturated heterocycles. The van der Waals surface area contributed by atoms with E-state index >= 15 is 0 Å². The molecule has 0 atom stereocenters. The highest BCUT2D eigenvalue weighted by Crippen LogP contribution is 2.42. The zero-order valence-corrected chi connectivity index (χ0v) is 17.9. The Morgan fingerprint density at radius 1 is 0.774 bits per heavy atom. The van der Waals surface area contributed by atoms with Gasteiger partial charge in [-0.25, -0.2) is 0 Å². The van der Waals surface area contributed by atoms with Crippen LogP contribution >= 0.6 is 0 Å². The van der Waals surface area contributed by atoms with Crippen molar-refractivity contribution in [1.29, 1.82) is 5.26 Å². The van der Waals surface area contributed by atoms with E-state index in [0.29, 0.717) is 17.1 Å². The maximum absolute atomic E-state index is 9.21. The van der Waals surface area contributed by atoms with Crippen LogP contribution in [0.4, 0.5) is 0 Å². The Morgan fingerprint density at radius 2 is 1.45 bits per heavy atom. The van der Waals surface area contributed by atoms with Crippen molar-refractivity contribution in [1.82, 2.24) is 4.98 Å². The van der Waals surface area contributed by atoms with Crippen molar-refractivity contribution >= 4 is 0 Å². The first-order chi connectivity index (χ1) is 15.2. The van der Waals surface area contributed by atoms with Crippen LogP contribution in [0.15, 0.2) is 72.8 Å². The molecular weight excluding hydrogens is 384 g/mol. The molecule has 0 amide bonds. The van der Waals surface area contributed by atoms with E-state index in [2.05, 4.69) is 30.1 Å². The monoisotopic (exact) mass is 408 g/mol. The summed E-state index contributed by atoms with van der Waals surface area (Å²) in [5, 5.41) is 9.21. The Balaban J connectivity index is 1.99. The molecule has 154 valence electrons. The first-order valence-electron chi connectivity index (χ1n) is 10.2. The lowest BCUT2D eigenvalue weighted by molar-refractivity contribution is 0.355. The van der Waals surface area contributed by atoms with Crippen molar-refractivity contribution in [2.75, 3.05) is 14.2 Å². The highest BCUT2D eigenvalue weighted by atomic mass is 16.5. The van der Waals surface area contributed by atoms with Gasteiger partial charge in [0, 0.05) is 16.8 Å². The van der Waals surface area contributed by atoms with Gasteiger partial charge in [0.1, 0.15) is 0 Å². The van der Waals surface area contributed by atoms with Crippen molar-refractivity contribution in [3.63, 3.8) is 0 Å². The maximum atomic E-state index is 9.21. The zero-order chi connectivity index (χ0) is 21.8. The Morgan fingerprint density at radius 3 is 2.06 bits per heavy atom. The van der Waals surface area contributed by atoms with Gasteiger partial charge < -0.3 is 14.5 Å². The summed E-state index contributed by atoms with van der Waals surface area (Å²) in [5.74, 6) is 1.37. The van der Waals surface area contributed by atoms with Gasteiger partial charge in [0.05, 0.1) is 31.5 Å². The van der Waals surface area contributed by atoms with Crippen molar-refractivity contribution in [2.24, 2.45) is 0 Å². The predicted molar refractivity (Wildman–Crippen MR) is 124 cm³/mol. The summed E-state index contributed by atoms with van der Waals surface area (Å²) in [6.45, 7) is 2.17. The molecule has 3 aromatic carbocycles. The number of hydrogen-bond acceptors (Lipinski definition) is 3. The number of benzene rings is 3. The molecule has 0 fully saturated rings. The number of H-pyrrole nitrogens is 1. The van der Waals surface area contributed by atoms with E-state index in [1.165, 1.54) is 5.56 Å². The van der Waals surface area contributed by atoms with E-state index in [9.17, 15) is 5.26 Å². The molecule has 0 aliphatic carbocycles. The molecule has 4 nitrogen and oxygen atoms in total. The van der Waals surface area contributed by atoms with Crippen molar-refractivity contribution in [3.8, 4) is 51.2 Å². The fourth-order valence-corrected chi connectivity index (χ4v) is 3.98. The molecule has 0 aliphatic heterocycles. The fourth-order valence-electron chi connectivity index (χ4n) is 3.98. The van der Waals surface area contributed by atoms with Crippen LogP contribution in [0.1, 0.15) is 18.1 Å². The minimum absolute atomic E-state index is 0.647. The molecule has 0 saturated carbocycles. The van der Waals surface area contributed by atoms with Crippen LogP contribution in [-0.2, 0) is 6.42 Å². The number of aromatic nitrogens is 1. The zero-order valence-electron chi connectivity index (χ0n) is 17.9. The molecule has 0 unspecified atom stereocenters. The van der Waals surface area contributed by atoms with E-state index in [-0.39, 0.29) is 0 Å². The lowest BCUT2D eigenvalue weighted by Gasteiger charge is -2.11. The lowest BCUT2D eigenvalue weighted by Crippen LogP contribution is -1.92. The van der Waals surface area contributed by atoms with E-state index in [0.717, 1.165) is 40.1 Å². The first kappa shape index (κ1) is 20.3. The molecule has 4 rings (SSSR count). The van der Waals surface area contributed by atoms with Gasteiger partial charge in [-0.15, -0.1) is 0 Å². The second-order valence-electron chi connectivity index (χ2n) is 7.21. The number of nitrogens with zero attached hydrogens (tertiary/aromatic N) is 1. The normalized spacial score (nSPS) is 10.5. The van der Waals surface area contributed by atoms with Gasteiger partial charge in [-0.2, -0.15) is 5.26 Å². The molecule has 1 heterocycles. The summed E-state index contributed by atoms with van der Waals surface area (Å²) in [6.07, 6.45) is 0.864. The van der Waals surface area contributed by atoms with Gasteiger partial charge >= 0.3 is 0 Å². The number of ether oxygens (including phenoxy) is 2. The van der Waals surface area contributed by atoms with Crippen molar-refractivity contribution in [2.45, 2.75) is 13.3 Å². The molecule has 0 bridgehead atoms. The molecule has 4 aromatic rings. The van der Waals surface area contributed by atoms with Gasteiger partial charge in [0.25, 0.3) is 0 Å². The summed E-state index contributed by atoms with van der Waals surface area (Å²) in [5.41, 5.74) is 8.36. The van der Waals surface area contributed by atoms with Crippen LogP contribution in [0.3, 0.4) is 0 Å². The SMILES string of the molecule is CCc1c(-c2ccccc2)[nH]c(-c2ccc(OC)c(OC)c2)c1-c1ccc(C#N)cc1. The topological polar surface area (TPSA) is 58.0 Å². The maximum Gasteiger partial charge on any atom is 0.161 e. The van der Waals surface area contributed by atoms with E-state index in [1.807, 2.05) is 60.7 Å². The van der Waals surface area contributed by atoms with E-state index in [1.54, 1.807) is 14.2 Å². The number of aromatic amines is 1. The van der Waals surface area contributed by atoms with Gasteiger partial charge in [0.15, 0.2) is 11.5 Å². The smallest absolute Gasteiger partial charge is 0.161 e. The fraction of sp³-hybridized carbons (Fsp3) is 0.148. The Hall–Kier alpha value is -3.97. The third kappa shape index (κ3) is 3.78. The molecule has 0 radical (unpaired) electrons. The molecule has 1 aromatic heterocycles. The van der Waals surface area contributed by atoms with Gasteiger partial charge in [-0.1, -0.05) is 49.4 Å². The van der Waals surface area contributed by atoms with Crippen molar-refractivity contribution < 1.29 is 9.47 Å². The van der Waals surface area contributed by atoms with Gasteiger partial charge in [0.2, 0.25) is 0 Å². The summed E-state index contributed by atoms with van der Waals surface area (Å²) < 4.78 is 11.0. The summed E-state index contributed by atoms with van der Waals surface area (Å²) >= 11 is 0. The lowest BCUT2D eigenvalue weighted by atomic mass is 9.94. The van der Waals surface area contributed by atoms with Crippen LogP contribution in [0, 0.1) is 11.3 Å². The van der Waals surface area contributed by atoms with Crippen LogP contribution in [0.25, 0.3) is 33.6 Å². The van der Waals surface area contributed by atoms with Crippen LogP contribution in [-0.4, -0.2) is 19.2 Å². The molecule has 1 N–H and O–H groups in total. The molecular formula is C27H24N2O2. The summed E-state index contributed by atoms with van der Waals surface area (Å²) in [6, 6.07) is 26.3. The summed E-state index contributed by atoms with van der Waals surface area (Å²) in [7, 11) is 3.28. The Kier molecular flexibility index (Phi) is 5.77. The second-order valence-corrected chi connectivity index (χ2v) is 7.21. The number of nitriles is 1. The highest BCUT2D eigenvalue weighted by Gasteiger charge is 2.21. The average molecular weight is 409 g/mol. The number of hydrogen-bond donors (Lipinski definition) is 1. The largest absolute Gasteiger partial charge is 0.493 e. The van der Waals surface area contributed by atoms with E-state index in [4.69, 9.17) is 9.47 Å².